The summed E-state index contributed by atoms with van der Waals surface area (Å²) in [5.74, 6) is -8.86. The number of hydrogen-bond donors (Lipinski definition) is 0. The Morgan fingerprint density at radius 3 is 1.83 bits per heavy atom. The highest BCUT2D eigenvalue weighted by atomic mass is 19.2. The Balaban J connectivity index is 1.18. The molecule has 0 saturated heterocycles. The summed E-state index contributed by atoms with van der Waals surface area (Å²) in [5.41, 5.74) is 3.00. The summed E-state index contributed by atoms with van der Waals surface area (Å²) in [5, 5.41) is 1.97. The molecule has 2 aromatic heterocycles. The van der Waals surface area contributed by atoms with E-state index in [0.29, 0.717) is 33.9 Å². The minimum absolute atomic E-state index is 0.0381. The first-order valence-electron chi connectivity index (χ1n) is 25.1. The average Bonchev–Trinajstić information content (AvgIpc) is 3.91. The largest absolute Gasteiger partial charge is 0.457 e. The van der Waals surface area contributed by atoms with Crippen molar-refractivity contribution in [3.8, 4) is 39.6 Å². The van der Waals surface area contributed by atoms with Gasteiger partial charge in [0.2, 0.25) is 5.82 Å². The maximum atomic E-state index is 15.9. The van der Waals surface area contributed by atoms with Crippen LogP contribution < -0.4 is 14.5 Å². The quantitative estimate of drug-likeness (QED) is 0.0906. The Morgan fingerprint density at radius 2 is 1.16 bits per heavy atom. The molecule has 0 atom stereocenters. The third kappa shape index (κ3) is 8.02. The molecule has 0 spiro atoms. The zero-order valence-corrected chi connectivity index (χ0v) is 40.3. The lowest BCUT2D eigenvalue weighted by atomic mass is 9.83. The molecule has 3 heterocycles. The van der Waals surface area contributed by atoms with E-state index in [4.69, 9.17) is 9.72 Å². The summed E-state index contributed by atoms with van der Waals surface area (Å²) in [7, 11) is 0. The fourth-order valence-electron chi connectivity index (χ4n) is 9.29. The number of anilines is 4. The molecule has 1 aliphatic rings. The number of rotatable bonds is 7. The van der Waals surface area contributed by atoms with Gasteiger partial charge in [-0.15, -0.1) is 0 Å². The highest BCUT2D eigenvalue weighted by Crippen LogP contribution is 2.52. The second-order valence-electron chi connectivity index (χ2n) is 20.9. The van der Waals surface area contributed by atoms with Gasteiger partial charge in [0.05, 0.1) is 39.1 Å². The van der Waals surface area contributed by atoms with Gasteiger partial charge in [0.15, 0.2) is 23.3 Å². The van der Waals surface area contributed by atoms with Crippen molar-refractivity contribution < 1.29 is 32.2 Å². The van der Waals surface area contributed by atoms with Gasteiger partial charge in [0.1, 0.15) is 24.0 Å². The van der Waals surface area contributed by atoms with Gasteiger partial charge in [-0.2, -0.15) is 0 Å². The summed E-state index contributed by atoms with van der Waals surface area (Å²) >= 11 is 0. The minimum Gasteiger partial charge on any atom is -0.457 e. The zero-order chi connectivity index (χ0) is 53.1. The first kappa shape index (κ1) is 41.5. The lowest BCUT2D eigenvalue weighted by Gasteiger charge is -2.32. The van der Waals surface area contributed by atoms with Crippen LogP contribution in [0.3, 0.4) is 0 Å². The second-order valence-corrected chi connectivity index (χ2v) is 20.9. The standard InChI is InChI=1S/C60H53F5N4O/c1-58(2,3)37-23-21-35(22-24-37)36-29-39(32-41(30-36)70-40-25-26-43-42-15-10-11-18-46(42)69(49(43)33-40)50-31-38(27-28-66-50)59(4,5)6)67-34-68(48-20-13-12-19-47(48)67)57-44(16-14-17-45(57)60(7,8)9)51-52(61)54(63)56(65)55(64)53(51)62/h10-33H,34H2,1-9H3/i21D,22D,23D,24D. The van der Waals surface area contributed by atoms with E-state index >= 15 is 17.6 Å². The van der Waals surface area contributed by atoms with E-state index in [9.17, 15) is 9.87 Å². The summed E-state index contributed by atoms with van der Waals surface area (Å²) in [6.45, 7) is 17.6. The Kier molecular flexibility index (Phi) is 10.0. The van der Waals surface area contributed by atoms with Crippen molar-refractivity contribution in [1.29, 1.82) is 0 Å². The number of fused-ring (bicyclic) bond motifs is 4. The van der Waals surface area contributed by atoms with Crippen molar-refractivity contribution in [1.82, 2.24) is 9.55 Å². The van der Waals surface area contributed by atoms with E-state index in [1.54, 1.807) is 41.3 Å². The number of nitrogens with zero attached hydrogens (tertiary/aromatic N) is 4. The summed E-state index contributed by atoms with van der Waals surface area (Å²) < 4.78 is 123. The molecule has 7 aromatic carbocycles. The SMILES string of the molecule is [2H]c1c([2H])c(C(C)(C)C)c([2H])c([2H])c1-c1cc(Oc2ccc3c4ccccc4n(-c4cc(C(C)(C)C)ccn4)c3c2)cc(N2CN(c3c(-c4c(F)c(F)c(F)c(F)c4F)cccc3C(C)(C)C)c3ccccc32)c1. The lowest BCUT2D eigenvalue weighted by Crippen LogP contribution is -2.27. The minimum atomic E-state index is -2.26. The van der Waals surface area contributed by atoms with Crippen LogP contribution in [0.4, 0.5) is 44.7 Å². The van der Waals surface area contributed by atoms with Crippen LogP contribution in [0, 0.1) is 29.1 Å². The predicted molar refractivity (Wildman–Crippen MR) is 274 cm³/mol. The Labute approximate surface area is 411 Å². The summed E-state index contributed by atoms with van der Waals surface area (Å²) in [6.07, 6.45) is 1.81. The molecule has 0 radical (unpaired) electrons. The fourth-order valence-corrected chi connectivity index (χ4v) is 9.29. The zero-order valence-electron chi connectivity index (χ0n) is 44.3. The molecule has 0 saturated carbocycles. The molecule has 0 bridgehead atoms. The number of pyridine rings is 1. The topological polar surface area (TPSA) is 33.5 Å². The van der Waals surface area contributed by atoms with Crippen LogP contribution in [0.5, 0.6) is 11.5 Å². The van der Waals surface area contributed by atoms with Crippen molar-refractivity contribution in [2.75, 3.05) is 16.5 Å². The van der Waals surface area contributed by atoms with E-state index in [0.717, 1.165) is 33.2 Å². The van der Waals surface area contributed by atoms with Gasteiger partial charge >= 0.3 is 0 Å². The summed E-state index contributed by atoms with van der Waals surface area (Å²) in [6, 6.07) is 34.1. The van der Waals surface area contributed by atoms with Gasteiger partial charge in [-0.25, -0.2) is 26.9 Å². The van der Waals surface area contributed by atoms with E-state index in [-0.39, 0.29) is 64.4 Å². The van der Waals surface area contributed by atoms with E-state index in [2.05, 4.69) is 37.5 Å². The van der Waals surface area contributed by atoms with Crippen molar-refractivity contribution in [3.05, 3.63) is 191 Å². The normalized spacial score (nSPS) is 14.0. The van der Waals surface area contributed by atoms with Crippen LogP contribution in [-0.4, -0.2) is 16.2 Å². The van der Waals surface area contributed by atoms with Crippen molar-refractivity contribution in [2.24, 2.45) is 0 Å². The van der Waals surface area contributed by atoms with Crippen LogP contribution in [-0.2, 0) is 16.2 Å². The molecule has 0 N–H and O–H groups in total. The average molecular weight is 945 g/mol. The Bertz CT molecular complexity index is 3720. The van der Waals surface area contributed by atoms with Gasteiger partial charge in [-0.1, -0.05) is 135 Å². The fraction of sp³-hybridized carbons (Fsp3) is 0.217. The van der Waals surface area contributed by atoms with E-state index in [1.165, 1.54) is 12.1 Å². The molecule has 0 amide bonds. The molecule has 354 valence electrons. The third-order valence-corrected chi connectivity index (χ3v) is 12.9. The number of ether oxygens (including phenoxy) is 1. The van der Waals surface area contributed by atoms with Crippen LogP contribution in [0.2, 0.25) is 0 Å². The van der Waals surface area contributed by atoms with Crippen molar-refractivity contribution in [3.63, 3.8) is 0 Å². The van der Waals surface area contributed by atoms with Gasteiger partial charge in [-0.3, -0.25) is 4.57 Å². The Hall–Kier alpha value is -7.46. The number of benzene rings is 7. The van der Waals surface area contributed by atoms with Gasteiger partial charge < -0.3 is 14.5 Å². The van der Waals surface area contributed by atoms with Crippen LogP contribution in [0.15, 0.2) is 146 Å². The van der Waals surface area contributed by atoms with E-state index < -0.39 is 45.5 Å². The predicted octanol–water partition coefficient (Wildman–Crippen LogP) is 17.1. The molecular weight excluding hydrogens is 888 g/mol. The first-order chi connectivity index (χ1) is 34.9. The molecule has 70 heavy (non-hydrogen) atoms. The molecule has 10 rings (SSSR count). The number of para-hydroxylation sites is 4. The molecule has 1 aliphatic heterocycles. The first-order valence-corrected chi connectivity index (χ1v) is 23.1. The lowest BCUT2D eigenvalue weighted by molar-refractivity contribution is 0.381. The second kappa shape index (κ2) is 16.9. The maximum absolute atomic E-state index is 15.9. The van der Waals surface area contributed by atoms with Crippen LogP contribution >= 0.6 is 0 Å². The van der Waals surface area contributed by atoms with E-state index in [1.807, 2.05) is 107 Å². The summed E-state index contributed by atoms with van der Waals surface area (Å²) in [4.78, 5) is 8.50. The monoisotopic (exact) mass is 944 g/mol. The van der Waals surface area contributed by atoms with Gasteiger partial charge in [-0.05, 0) is 98.7 Å². The number of hydrogen-bond acceptors (Lipinski definition) is 4. The van der Waals surface area contributed by atoms with Crippen LogP contribution in [0.1, 0.15) is 84.5 Å². The van der Waals surface area contributed by atoms with Crippen LogP contribution in [0.25, 0.3) is 49.9 Å². The molecule has 10 heteroatoms. The molecule has 0 aliphatic carbocycles. The highest BCUT2D eigenvalue weighted by Gasteiger charge is 2.36. The number of aromatic nitrogens is 2. The van der Waals surface area contributed by atoms with Gasteiger partial charge in [0.25, 0.3) is 0 Å². The third-order valence-electron chi connectivity index (χ3n) is 12.9. The molecular formula is C60H53F5N4O. The van der Waals surface area contributed by atoms with Gasteiger partial charge in [0, 0.05) is 40.4 Å². The molecule has 9 aromatic rings. The maximum Gasteiger partial charge on any atom is 0.200 e. The Morgan fingerprint density at radius 1 is 0.529 bits per heavy atom. The molecule has 0 fully saturated rings. The smallest absolute Gasteiger partial charge is 0.200 e. The molecule has 0 unspecified atom stereocenters. The number of halogens is 5. The van der Waals surface area contributed by atoms with Crippen molar-refractivity contribution in [2.45, 2.75) is 78.6 Å². The van der Waals surface area contributed by atoms with Crippen molar-refractivity contribution >= 4 is 44.6 Å². The molecule has 5 nitrogen and oxygen atoms in total. The highest BCUT2D eigenvalue weighted by molar-refractivity contribution is 6.09.